The number of furan rings is 1. The van der Waals surface area contributed by atoms with Crippen LogP contribution in [-0.2, 0) is 6.54 Å². The molecule has 0 unspecified atom stereocenters. The Kier molecular flexibility index (Phi) is 4.28. The molecule has 0 saturated carbocycles. The molecule has 0 bridgehead atoms. The van der Waals surface area contributed by atoms with Gasteiger partial charge in [-0.05, 0) is 19.9 Å². The monoisotopic (exact) mass is 252 g/mol. The van der Waals surface area contributed by atoms with E-state index in [-0.39, 0.29) is 0 Å². The lowest BCUT2D eigenvalue weighted by Gasteiger charge is -2.00. The summed E-state index contributed by atoms with van der Waals surface area (Å²) in [6.07, 6.45) is 3.44. The van der Waals surface area contributed by atoms with E-state index in [0.717, 1.165) is 41.1 Å². The van der Waals surface area contributed by atoms with Gasteiger partial charge < -0.3 is 14.2 Å². The number of rotatable bonds is 6. The third-order valence-corrected chi connectivity index (χ3v) is 3.25. The fourth-order valence-electron chi connectivity index (χ4n) is 1.34. The van der Waals surface area contributed by atoms with E-state index in [1.165, 1.54) is 0 Å². The average Bonchev–Trinajstić information content (AvgIpc) is 2.90. The molecule has 0 fully saturated rings. The zero-order valence-electron chi connectivity index (χ0n) is 10.0. The highest BCUT2D eigenvalue weighted by molar-refractivity contribution is 7.99. The van der Waals surface area contributed by atoms with Crippen LogP contribution in [0.4, 0.5) is 0 Å². The normalized spacial score (nSPS) is 10.9. The second-order valence-electron chi connectivity index (χ2n) is 3.78. The molecule has 2 aromatic heterocycles. The van der Waals surface area contributed by atoms with Crippen molar-refractivity contribution in [2.45, 2.75) is 25.6 Å². The van der Waals surface area contributed by atoms with Crippen molar-refractivity contribution in [3.8, 4) is 0 Å². The van der Waals surface area contributed by atoms with Gasteiger partial charge >= 0.3 is 0 Å². The summed E-state index contributed by atoms with van der Waals surface area (Å²) in [5, 5.41) is 4.08. The lowest BCUT2D eigenvalue weighted by molar-refractivity contribution is 0.431. The van der Waals surface area contributed by atoms with Gasteiger partial charge in [0.25, 0.3) is 5.22 Å². The van der Waals surface area contributed by atoms with Crippen LogP contribution in [0.25, 0.3) is 0 Å². The molecule has 92 valence electrons. The van der Waals surface area contributed by atoms with Crippen LogP contribution in [0.3, 0.4) is 0 Å². The van der Waals surface area contributed by atoms with Crippen LogP contribution >= 0.6 is 11.8 Å². The van der Waals surface area contributed by atoms with Crippen molar-refractivity contribution >= 4 is 11.8 Å². The Morgan fingerprint density at radius 3 is 2.94 bits per heavy atom. The minimum Gasteiger partial charge on any atom is -0.472 e. The van der Waals surface area contributed by atoms with Gasteiger partial charge in [-0.2, -0.15) is 0 Å². The minimum atomic E-state index is 0.755. The molecule has 0 spiro atoms. The van der Waals surface area contributed by atoms with Gasteiger partial charge in [0.05, 0.1) is 18.2 Å². The van der Waals surface area contributed by atoms with Crippen molar-refractivity contribution < 1.29 is 8.83 Å². The van der Waals surface area contributed by atoms with Crippen molar-refractivity contribution in [1.82, 2.24) is 10.3 Å². The maximum Gasteiger partial charge on any atom is 0.256 e. The third-order valence-electron chi connectivity index (χ3n) is 2.42. The van der Waals surface area contributed by atoms with E-state index >= 15 is 0 Å². The van der Waals surface area contributed by atoms with E-state index < -0.39 is 0 Å². The Bertz CT molecular complexity index is 432. The molecule has 17 heavy (non-hydrogen) atoms. The minimum absolute atomic E-state index is 0.755. The molecule has 0 aromatic carbocycles. The quantitative estimate of drug-likeness (QED) is 0.633. The molecule has 0 saturated heterocycles. The van der Waals surface area contributed by atoms with Gasteiger partial charge in [-0.15, -0.1) is 0 Å². The number of nitrogens with one attached hydrogen (secondary N) is 1. The molecule has 0 radical (unpaired) electrons. The molecule has 2 rings (SSSR count). The molecule has 0 atom stereocenters. The standard InChI is InChI=1S/C12H16N2O2S/c1-9-10(2)16-12(14-9)17-6-4-13-7-11-3-5-15-8-11/h3,5,8,13H,4,6-7H2,1-2H3. The summed E-state index contributed by atoms with van der Waals surface area (Å²) in [6.45, 7) is 5.64. The van der Waals surface area contributed by atoms with Crippen molar-refractivity contribution in [2.75, 3.05) is 12.3 Å². The largest absolute Gasteiger partial charge is 0.472 e. The zero-order valence-corrected chi connectivity index (χ0v) is 10.8. The summed E-state index contributed by atoms with van der Waals surface area (Å²) in [4.78, 5) is 4.31. The predicted octanol–water partition coefficient (Wildman–Crippen LogP) is 2.77. The van der Waals surface area contributed by atoms with Crippen LogP contribution < -0.4 is 5.32 Å². The Morgan fingerprint density at radius 1 is 1.41 bits per heavy atom. The van der Waals surface area contributed by atoms with Crippen molar-refractivity contribution in [3.63, 3.8) is 0 Å². The van der Waals surface area contributed by atoms with Crippen LogP contribution in [0.15, 0.2) is 32.6 Å². The Morgan fingerprint density at radius 2 is 2.29 bits per heavy atom. The molecule has 4 nitrogen and oxygen atoms in total. The molecule has 0 aliphatic rings. The van der Waals surface area contributed by atoms with Gasteiger partial charge in [0.2, 0.25) is 0 Å². The van der Waals surface area contributed by atoms with E-state index in [2.05, 4.69) is 10.3 Å². The lowest BCUT2D eigenvalue weighted by atomic mass is 10.3. The van der Waals surface area contributed by atoms with Crippen molar-refractivity contribution in [3.05, 3.63) is 35.6 Å². The first-order valence-corrected chi connectivity index (χ1v) is 6.53. The highest BCUT2D eigenvalue weighted by Crippen LogP contribution is 2.19. The number of aromatic nitrogens is 1. The second kappa shape index (κ2) is 5.93. The summed E-state index contributed by atoms with van der Waals surface area (Å²) in [5.41, 5.74) is 2.14. The van der Waals surface area contributed by atoms with Gasteiger partial charge in [-0.3, -0.25) is 0 Å². The highest BCUT2D eigenvalue weighted by Gasteiger charge is 2.05. The first-order chi connectivity index (χ1) is 8.25. The summed E-state index contributed by atoms with van der Waals surface area (Å²) in [6, 6.07) is 1.96. The fraction of sp³-hybridized carbons (Fsp3) is 0.417. The summed E-state index contributed by atoms with van der Waals surface area (Å²) in [7, 11) is 0. The van der Waals surface area contributed by atoms with Crippen LogP contribution in [0, 0.1) is 13.8 Å². The fourth-order valence-corrected chi connectivity index (χ4v) is 2.15. The van der Waals surface area contributed by atoms with Gasteiger partial charge in [0.1, 0.15) is 5.76 Å². The molecule has 0 amide bonds. The van der Waals surface area contributed by atoms with Gasteiger partial charge in [-0.1, -0.05) is 11.8 Å². The second-order valence-corrected chi connectivity index (χ2v) is 4.82. The van der Waals surface area contributed by atoms with Crippen molar-refractivity contribution in [1.29, 1.82) is 0 Å². The summed E-state index contributed by atoms with van der Waals surface area (Å²) >= 11 is 1.63. The number of aryl methyl sites for hydroxylation is 2. The lowest BCUT2D eigenvalue weighted by Crippen LogP contribution is -2.15. The van der Waals surface area contributed by atoms with Crippen LogP contribution in [0.1, 0.15) is 17.0 Å². The van der Waals surface area contributed by atoms with Gasteiger partial charge in [-0.25, -0.2) is 4.98 Å². The van der Waals surface area contributed by atoms with E-state index in [4.69, 9.17) is 8.83 Å². The topological polar surface area (TPSA) is 51.2 Å². The van der Waals surface area contributed by atoms with Crippen LogP contribution in [0.5, 0.6) is 0 Å². The predicted molar refractivity (Wildman–Crippen MR) is 67.1 cm³/mol. The number of thioether (sulfide) groups is 1. The number of hydrogen-bond acceptors (Lipinski definition) is 5. The molecule has 1 N–H and O–H groups in total. The van der Waals surface area contributed by atoms with E-state index in [1.807, 2.05) is 19.9 Å². The maximum absolute atomic E-state index is 5.48. The van der Waals surface area contributed by atoms with Crippen LogP contribution in [-0.4, -0.2) is 17.3 Å². The van der Waals surface area contributed by atoms with Crippen molar-refractivity contribution in [2.24, 2.45) is 0 Å². The average molecular weight is 252 g/mol. The first kappa shape index (κ1) is 12.3. The number of oxazole rings is 1. The first-order valence-electron chi connectivity index (χ1n) is 5.54. The molecule has 2 heterocycles. The van der Waals surface area contributed by atoms with E-state index in [9.17, 15) is 0 Å². The number of nitrogens with zero attached hydrogens (tertiary/aromatic N) is 1. The zero-order chi connectivity index (χ0) is 12.1. The number of hydrogen-bond donors (Lipinski definition) is 1. The molecular formula is C12H16N2O2S. The Labute approximate surface area is 105 Å². The molecule has 2 aromatic rings. The Balaban J connectivity index is 1.63. The molecular weight excluding hydrogens is 236 g/mol. The van der Waals surface area contributed by atoms with Crippen LogP contribution in [0.2, 0.25) is 0 Å². The smallest absolute Gasteiger partial charge is 0.256 e. The molecule has 0 aliphatic heterocycles. The summed E-state index contributed by atoms with van der Waals surface area (Å²) < 4.78 is 10.5. The molecule has 5 heteroatoms. The van der Waals surface area contributed by atoms with Gasteiger partial charge in [0.15, 0.2) is 0 Å². The summed E-state index contributed by atoms with van der Waals surface area (Å²) in [5.74, 6) is 1.84. The van der Waals surface area contributed by atoms with E-state index in [0.29, 0.717) is 0 Å². The SMILES string of the molecule is Cc1nc(SCCNCc2ccoc2)oc1C. The molecule has 0 aliphatic carbocycles. The van der Waals surface area contributed by atoms with E-state index in [1.54, 1.807) is 24.3 Å². The highest BCUT2D eigenvalue weighted by atomic mass is 32.2. The Hall–Kier alpha value is -1.20. The van der Waals surface area contributed by atoms with Gasteiger partial charge in [0, 0.05) is 24.4 Å². The third kappa shape index (κ3) is 3.64. The maximum atomic E-state index is 5.48.